The Labute approximate surface area is 211 Å². The molecule has 0 radical (unpaired) electrons. The largest absolute Gasteiger partial charge is 0.497 e. The standard InChI is InChI=1S/C29H32N2O5/c1-33-20-10-11-22(27(16-20)35-3)23(24-18-31-25-8-6-5-7-21(24)25)17-29(32)30-14-13-19-9-12-26(34-2)28(15-19)36-4/h5-12,15-16,18,23,31H,13-14,17H2,1-4H3,(H,30,32)/t23-/m0/s1. The summed E-state index contributed by atoms with van der Waals surface area (Å²) in [5.41, 5.74) is 4.05. The van der Waals surface area contributed by atoms with Crippen molar-refractivity contribution in [3.63, 3.8) is 0 Å². The smallest absolute Gasteiger partial charge is 0.220 e. The van der Waals surface area contributed by atoms with E-state index >= 15 is 0 Å². The van der Waals surface area contributed by atoms with Gasteiger partial charge in [-0.3, -0.25) is 4.79 Å². The molecule has 4 aromatic rings. The minimum atomic E-state index is -0.205. The number of H-pyrrole nitrogens is 1. The topological polar surface area (TPSA) is 81.8 Å². The third-order valence-corrected chi connectivity index (χ3v) is 6.39. The van der Waals surface area contributed by atoms with E-state index < -0.39 is 0 Å². The summed E-state index contributed by atoms with van der Waals surface area (Å²) >= 11 is 0. The van der Waals surface area contributed by atoms with Gasteiger partial charge in [-0.25, -0.2) is 0 Å². The van der Waals surface area contributed by atoms with Crippen molar-refractivity contribution >= 4 is 16.8 Å². The summed E-state index contributed by atoms with van der Waals surface area (Å²) in [6.45, 7) is 0.509. The molecule has 0 aliphatic heterocycles. The first kappa shape index (κ1) is 25.0. The van der Waals surface area contributed by atoms with E-state index in [1.54, 1.807) is 28.4 Å². The third-order valence-electron chi connectivity index (χ3n) is 6.39. The molecular formula is C29H32N2O5. The zero-order valence-corrected chi connectivity index (χ0v) is 21.1. The quantitative estimate of drug-likeness (QED) is 0.308. The molecular weight excluding hydrogens is 456 g/mol. The fourth-order valence-corrected chi connectivity index (χ4v) is 4.52. The third kappa shape index (κ3) is 5.40. The van der Waals surface area contributed by atoms with Gasteiger partial charge in [0.25, 0.3) is 0 Å². The molecule has 0 fully saturated rings. The molecule has 1 amide bonds. The van der Waals surface area contributed by atoms with Crippen molar-refractivity contribution in [2.45, 2.75) is 18.8 Å². The van der Waals surface area contributed by atoms with Crippen molar-refractivity contribution in [3.8, 4) is 23.0 Å². The molecule has 4 rings (SSSR count). The van der Waals surface area contributed by atoms with Gasteiger partial charge in [-0.15, -0.1) is 0 Å². The minimum absolute atomic E-state index is 0.0383. The fraction of sp³-hybridized carbons (Fsp3) is 0.276. The molecule has 1 atom stereocenters. The maximum atomic E-state index is 13.2. The number of hydrogen-bond donors (Lipinski definition) is 2. The molecule has 7 nitrogen and oxygen atoms in total. The van der Waals surface area contributed by atoms with Crippen LogP contribution in [0.1, 0.15) is 29.0 Å². The van der Waals surface area contributed by atoms with Crippen LogP contribution in [-0.4, -0.2) is 45.9 Å². The van der Waals surface area contributed by atoms with E-state index in [1.165, 1.54) is 0 Å². The summed E-state index contributed by atoms with van der Waals surface area (Å²) in [6.07, 6.45) is 2.93. The van der Waals surface area contributed by atoms with Crippen molar-refractivity contribution in [1.82, 2.24) is 10.3 Å². The van der Waals surface area contributed by atoms with Crippen LogP contribution in [-0.2, 0) is 11.2 Å². The Bertz CT molecular complexity index is 1330. The molecule has 0 saturated carbocycles. The van der Waals surface area contributed by atoms with E-state index in [1.807, 2.05) is 60.8 Å². The SMILES string of the molecule is COc1ccc([C@H](CC(=O)NCCc2ccc(OC)c(OC)c2)c2c[nH]c3ccccc23)c(OC)c1. The van der Waals surface area contributed by atoms with Crippen LogP contribution in [0.2, 0.25) is 0 Å². The summed E-state index contributed by atoms with van der Waals surface area (Å²) in [5.74, 6) is 2.50. The Morgan fingerprint density at radius 3 is 2.36 bits per heavy atom. The maximum Gasteiger partial charge on any atom is 0.220 e. The van der Waals surface area contributed by atoms with Gasteiger partial charge in [-0.1, -0.05) is 30.3 Å². The average molecular weight is 489 g/mol. The second-order valence-corrected chi connectivity index (χ2v) is 8.44. The van der Waals surface area contributed by atoms with Gasteiger partial charge in [0.2, 0.25) is 5.91 Å². The van der Waals surface area contributed by atoms with E-state index in [0.717, 1.165) is 27.6 Å². The van der Waals surface area contributed by atoms with Gasteiger partial charge in [0, 0.05) is 47.6 Å². The number of fused-ring (bicyclic) bond motifs is 1. The molecule has 188 valence electrons. The summed E-state index contributed by atoms with van der Waals surface area (Å²) in [4.78, 5) is 16.5. The lowest BCUT2D eigenvalue weighted by Gasteiger charge is -2.20. The Morgan fingerprint density at radius 1 is 0.833 bits per heavy atom. The number of carbonyl (C=O) groups is 1. The Hall–Kier alpha value is -4.13. The van der Waals surface area contributed by atoms with Crippen LogP contribution in [0.5, 0.6) is 23.0 Å². The maximum absolute atomic E-state index is 13.2. The van der Waals surface area contributed by atoms with Gasteiger partial charge in [0.05, 0.1) is 28.4 Å². The predicted octanol–water partition coefficient (Wildman–Crippen LogP) is 5.08. The lowest BCUT2D eigenvalue weighted by Crippen LogP contribution is -2.27. The highest BCUT2D eigenvalue weighted by atomic mass is 16.5. The van der Waals surface area contributed by atoms with Crippen LogP contribution >= 0.6 is 0 Å². The Kier molecular flexibility index (Phi) is 8.00. The molecule has 0 aliphatic carbocycles. The zero-order valence-electron chi connectivity index (χ0n) is 21.1. The first-order valence-electron chi connectivity index (χ1n) is 11.8. The number of nitrogens with one attached hydrogen (secondary N) is 2. The number of aromatic amines is 1. The highest BCUT2D eigenvalue weighted by Gasteiger charge is 2.24. The monoisotopic (exact) mass is 488 g/mol. The lowest BCUT2D eigenvalue weighted by atomic mass is 9.87. The normalized spacial score (nSPS) is 11.7. The van der Waals surface area contributed by atoms with Crippen LogP contribution in [0.25, 0.3) is 10.9 Å². The summed E-state index contributed by atoms with van der Waals surface area (Å²) in [5, 5.41) is 4.16. The zero-order chi connectivity index (χ0) is 25.5. The average Bonchev–Trinajstić information content (AvgIpc) is 3.35. The van der Waals surface area contributed by atoms with Gasteiger partial charge in [0.15, 0.2) is 11.5 Å². The van der Waals surface area contributed by atoms with E-state index in [-0.39, 0.29) is 18.2 Å². The Balaban J connectivity index is 1.54. The predicted molar refractivity (Wildman–Crippen MR) is 141 cm³/mol. The van der Waals surface area contributed by atoms with Gasteiger partial charge in [0.1, 0.15) is 11.5 Å². The van der Waals surface area contributed by atoms with Gasteiger partial charge >= 0.3 is 0 Å². The fourth-order valence-electron chi connectivity index (χ4n) is 4.52. The van der Waals surface area contributed by atoms with Crippen molar-refractivity contribution in [2.24, 2.45) is 0 Å². The van der Waals surface area contributed by atoms with Gasteiger partial charge < -0.3 is 29.2 Å². The van der Waals surface area contributed by atoms with Crippen LogP contribution in [0.4, 0.5) is 0 Å². The van der Waals surface area contributed by atoms with Crippen molar-refractivity contribution in [2.75, 3.05) is 35.0 Å². The first-order chi connectivity index (χ1) is 17.6. The second kappa shape index (κ2) is 11.5. The number of para-hydroxylation sites is 1. The summed E-state index contributed by atoms with van der Waals surface area (Å²) < 4.78 is 21.8. The molecule has 7 heteroatoms. The molecule has 0 bridgehead atoms. The summed E-state index contributed by atoms with van der Waals surface area (Å²) in [7, 11) is 6.48. The van der Waals surface area contributed by atoms with Crippen LogP contribution in [0.15, 0.2) is 66.9 Å². The number of amides is 1. The Morgan fingerprint density at radius 2 is 1.61 bits per heavy atom. The first-order valence-corrected chi connectivity index (χ1v) is 11.8. The van der Waals surface area contributed by atoms with Gasteiger partial charge in [-0.05, 0) is 41.8 Å². The lowest BCUT2D eigenvalue weighted by molar-refractivity contribution is -0.121. The molecule has 0 saturated heterocycles. The number of methoxy groups -OCH3 is 4. The number of carbonyl (C=O) groups excluding carboxylic acids is 1. The van der Waals surface area contributed by atoms with Crippen LogP contribution < -0.4 is 24.3 Å². The van der Waals surface area contributed by atoms with E-state index in [9.17, 15) is 4.79 Å². The van der Waals surface area contributed by atoms with Crippen LogP contribution in [0, 0.1) is 0 Å². The van der Waals surface area contributed by atoms with Gasteiger partial charge in [-0.2, -0.15) is 0 Å². The summed E-state index contributed by atoms with van der Waals surface area (Å²) in [6, 6.07) is 19.6. The molecule has 0 unspecified atom stereocenters. The molecule has 2 N–H and O–H groups in total. The number of ether oxygens (including phenoxy) is 4. The van der Waals surface area contributed by atoms with E-state index in [4.69, 9.17) is 18.9 Å². The molecule has 3 aromatic carbocycles. The highest BCUT2D eigenvalue weighted by Crippen LogP contribution is 2.39. The molecule has 0 spiro atoms. The number of aromatic nitrogens is 1. The van der Waals surface area contributed by atoms with Crippen molar-refractivity contribution < 1.29 is 23.7 Å². The van der Waals surface area contributed by atoms with Crippen molar-refractivity contribution in [1.29, 1.82) is 0 Å². The number of rotatable bonds is 11. The molecule has 1 heterocycles. The minimum Gasteiger partial charge on any atom is -0.497 e. The highest BCUT2D eigenvalue weighted by molar-refractivity contribution is 5.86. The molecule has 36 heavy (non-hydrogen) atoms. The van der Waals surface area contributed by atoms with Crippen molar-refractivity contribution in [3.05, 3.63) is 83.6 Å². The number of benzene rings is 3. The van der Waals surface area contributed by atoms with Crippen LogP contribution in [0.3, 0.4) is 0 Å². The molecule has 0 aliphatic rings. The molecule has 1 aromatic heterocycles. The second-order valence-electron chi connectivity index (χ2n) is 8.44. The van der Waals surface area contributed by atoms with E-state index in [0.29, 0.717) is 36.0 Å². The number of hydrogen-bond acceptors (Lipinski definition) is 5. The van der Waals surface area contributed by atoms with E-state index in [2.05, 4.69) is 16.4 Å².